The smallest absolute Gasteiger partial charge is 0.291 e. The number of pyridine rings is 1. The maximum absolute atomic E-state index is 14.3. The standard InChI is InChI=1S/C24H25FN6O3/c1-3-30-13-14-8-9-17(24(34)29(2)19(14)12-21(30)32)26-23(33)22-27-20-11-10-18(31(20)28-22)15-6-4-5-7-16(15)25/h4-7,12-13,17-18H,3,8-11H2,1-2H3,(H,26,33)/t17-,18-/m0/s1. The van der Waals surface area contributed by atoms with Gasteiger partial charge in [-0.25, -0.2) is 14.1 Å². The minimum atomic E-state index is -0.782. The third-order valence-electron chi connectivity index (χ3n) is 6.63. The Labute approximate surface area is 195 Å². The maximum Gasteiger partial charge on any atom is 0.291 e. The van der Waals surface area contributed by atoms with Gasteiger partial charge in [-0.1, -0.05) is 18.2 Å². The van der Waals surface area contributed by atoms with E-state index in [0.29, 0.717) is 49.3 Å². The first-order valence-corrected chi connectivity index (χ1v) is 11.4. The monoisotopic (exact) mass is 464 g/mol. The number of amides is 2. The van der Waals surface area contributed by atoms with Gasteiger partial charge in [0.2, 0.25) is 11.7 Å². The Kier molecular flexibility index (Phi) is 5.51. The number of aryl methyl sites for hydroxylation is 3. The lowest BCUT2D eigenvalue weighted by atomic mass is 10.0. The third kappa shape index (κ3) is 3.68. The molecule has 1 N–H and O–H groups in total. The quantitative estimate of drug-likeness (QED) is 0.635. The van der Waals surface area contributed by atoms with Crippen molar-refractivity contribution in [3.05, 3.63) is 75.5 Å². The molecule has 2 atom stereocenters. The van der Waals surface area contributed by atoms with Crippen molar-refractivity contribution in [2.75, 3.05) is 11.9 Å². The van der Waals surface area contributed by atoms with Crippen LogP contribution in [0.2, 0.25) is 0 Å². The van der Waals surface area contributed by atoms with E-state index in [4.69, 9.17) is 0 Å². The Balaban J connectivity index is 1.35. The van der Waals surface area contributed by atoms with Crippen LogP contribution in [-0.2, 0) is 24.2 Å². The number of carbonyl (C=O) groups is 2. The van der Waals surface area contributed by atoms with Gasteiger partial charge < -0.3 is 14.8 Å². The van der Waals surface area contributed by atoms with Crippen molar-refractivity contribution < 1.29 is 14.0 Å². The molecule has 2 aliphatic heterocycles. The summed E-state index contributed by atoms with van der Waals surface area (Å²) in [5.74, 6) is -0.614. The van der Waals surface area contributed by atoms with Crippen LogP contribution in [0, 0.1) is 5.82 Å². The molecule has 2 aliphatic rings. The summed E-state index contributed by atoms with van der Waals surface area (Å²) in [6, 6.07) is 6.88. The number of likely N-dealkylation sites (N-methyl/N-ethyl adjacent to an activating group) is 1. The first-order chi connectivity index (χ1) is 16.4. The van der Waals surface area contributed by atoms with Crippen molar-refractivity contribution in [1.29, 1.82) is 0 Å². The van der Waals surface area contributed by atoms with Gasteiger partial charge in [-0.3, -0.25) is 14.4 Å². The molecule has 1 aromatic carbocycles. The first-order valence-electron chi connectivity index (χ1n) is 11.4. The molecule has 0 bridgehead atoms. The zero-order chi connectivity index (χ0) is 24.0. The second-order valence-electron chi connectivity index (χ2n) is 8.64. The zero-order valence-electron chi connectivity index (χ0n) is 19.0. The topological polar surface area (TPSA) is 102 Å². The Morgan fingerprint density at radius 3 is 2.76 bits per heavy atom. The van der Waals surface area contributed by atoms with E-state index in [1.54, 1.807) is 40.7 Å². The number of anilines is 1. The minimum Gasteiger partial charge on any atom is -0.337 e. The van der Waals surface area contributed by atoms with Crippen LogP contribution in [0.4, 0.5) is 10.1 Å². The molecular weight excluding hydrogens is 439 g/mol. The van der Waals surface area contributed by atoms with Gasteiger partial charge in [-0.2, -0.15) is 0 Å². The summed E-state index contributed by atoms with van der Waals surface area (Å²) in [6.07, 6.45) is 3.92. The molecule has 4 heterocycles. The number of nitrogens with zero attached hydrogens (tertiary/aromatic N) is 5. The summed E-state index contributed by atoms with van der Waals surface area (Å²) in [6.45, 7) is 2.42. The number of hydrogen-bond donors (Lipinski definition) is 1. The average molecular weight is 465 g/mol. The largest absolute Gasteiger partial charge is 0.337 e. The molecule has 0 unspecified atom stereocenters. The maximum atomic E-state index is 14.3. The highest BCUT2D eigenvalue weighted by atomic mass is 19.1. The number of nitrogens with one attached hydrogen (secondary N) is 1. The van der Waals surface area contributed by atoms with E-state index in [1.165, 1.54) is 17.0 Å². The van der Waals surface area contributed by atoms with Crippen molar-refractivity contribution in [1.82, 2.24) is 24.6 Å². The van der Waals surface area contributed by atoms with E-state index < -0.39 is 11.9 Å². The molecule has 0 radical (unpaired) electrons. The fourth-order valence-corrected chi connectivity index (χ4v) is 4.79. The average Bonchev–Trinajstić information content (AvgIpc) is 3.40. The van der Waals surface area contributed by atoms with Crippen molar-refractivity contribution in [3.63, 3.8) is 0 Å². The number of halogens is 1. The molecule has 3 aromatic rings. The number of aromatic nitrogens is 4. The number of hydrogen-bond acceptors (Lipinski definition) is 5. The van der Waals surface area contributed by atoms with Crippen molar-refractivity contribution in [3.8, 4) is 0 Å². The Bertz CT molecular complexity index is 1350. The van der Waals surface area contributed by atoms with Crippen LogP contribution < -0.4 is 15.8 Å². The lowest BCUT2D eigenvalue weighted by Crippen LogP contribution is -2.47. The van der Waals surface area contributed by atoms with Crippen LogP contribution >= 0.6 is 0 Å². The van der Waals surface area contributed by atoms with Crippen LogP contribution in [0.25, 0.3) is 0 Å². The molecule has 9 nitrogen and oxygen atoms in total. The molecule has 0 saturated carbocycles. The molecule has 10 heteroatoms. The predicted molar refractivity (Wildman–Crippen MR) is 122 cm³/mol. The third-order valence-corrected chi connectivity index (χ3v) is 6.63. The van der Waals surface area contributed by atoms with Crippen LogP contribution in [-0.4, -0.2) is 44.2 Å². The second kappa shape index (κ2) is 8.51. The molecule has 5 rings (SSSR count). The van der Waals surface area contributed by atoms with Gasteiger partial charge in [-0.05, 0) is 37.8 Å². The van der Waals surface area contributed by atoms with Crippen LogP contribution in [0.3, 0.4) is 0 Å². The lowest BCUT2D eigenvalue weighted by Gasteiger charge is -2.22. The van der Waals surface area contributed by atoms with Gasteiger partial charge in [-0.15, -0.1) is 5.10 Å². The molecule has 0 saturated heterocycles. The molecule has 0 spiro atoms. The van der Waals surface area contributed by atoms with Crippen LogP contribution in [0.1, 0.15) is 53.4 Å². The van der Waals surface area contributed by atoms with Gasteiger partial charge in [0.05, 0.1) is 11.7 Å². The van der Waals surface area contributed by atoms with Crippen molar-refractivity contribution in [2.45, 2.75) is 51.2 Å². The summed E-state index contributed by atoms with van der Waals surface area (Å²) in [7, 11) is 1.60. The minimum absolute atomic E-state index is 0.0427. The van der Waals surface area contributed by atoms with Gasteiger partial charge in [0.1, 0.15) is 17.7 Å². The molecule has 34 heavy (non-hydrogen) atoms. The van der Waals surface area contributed by atoms with E-state index in [2.05, 4.69) is 15.4 Å². The fraction of sp³-hybridized carbons (Fsp3) is 0.375. The Morgan fingerprint density at radius 1 is 1.21 bits per heavy atom. The number of rotatable bonds is 4. The van der Waals surface area contributed by atoms with Gasteiger partial charge in [0.25, 0.3) is 11.5 Å². The summed E-state index contributed by atoms with van der Waals surface area (Å²) in [4.78, 5) is 44.1. The highest BCUT2D eigenvalue weighted by Gasteiger charge is 2.33. The van der Waals surface area contributed by atoms with Crippen LogP contribution in [0.15, 0.2) is 41.3 Å². The second-order valence-corrected chi connectivity index (χ2v) is 8.64. The van der Waals surface area contributed by atoms with Crippen LogP contribution in [0.5, 0.6) is 0 Å². The van der Waals surface area contributed by atoms with E-state index in [1.807, 2.05) is 6.92 Å². The highest BCUT2D eigenvalue weighted by molar-refractivity contribution is 6.01. The molecule has 176 valence electrons. The summed E-state index contributed by atoms with van der Waals surface area (Å²) < 4.78 is 17.5. The van der Waals surface area contributed by atoms with Crippen molar-refractivity contribution in [2.24, 2.45) is 0 Å². The summed E-state index contributed by atoms with van der Waals surface area (Å²) >= 11 is 0. The van der Waals surface area contributed by atoms with Crippen molar-refractivity contribution >= 4 is 17.5 Å². The number of benzene rings is 1. The molecule has 2 aromatic heterocycles. The SMILES string of the molecule is CCn1cc2c(cc1=O)N(C)C(=O)[C@@H](NC(=O)c1nc3n(n1)[C@H](c1ccccc1F)CC3)CC2. The normalized spacial score (nSPS) is 19.5. The Morgan fingerprint density at radius 2 is 2.00 bits per heavy atom. The highest BCUT2D eigenvalue weighted by Crippen LogP contribution is 2.32. The van der Waals surface area contributed by atoms with Gasteiger partial charge in [0.15, 0.2) is 0 Å². The molecular formula is C24H25FN6O3. The summed E-state index contributed by atoms with van der Waals surface area (Å²) in [5.41, 5.74) is 1.77. The first kappa shape index (κ1) is 22.0. The van der Waals surface area contributed by atoms with E-state index >= 15 is 0 Å². The zero-order valence-corrected chi connectivity index (χ0v) is 19.0. The molecule has 0 fully saturated rings. The molecule has 2 amide bonds. The van der Waals surface area contributed by atoms with E-state index in [0.717, 1.165) is 5.56 Å². The molecule has 0 aliphatic carbocycles. The lowest BCUT2D eigenvalue weighted by molar-refractivity contribution is -0.120. The Hall–Kier alpha value is -3.82. The number of carbonyl (C=O) groups excluding carboxylic acids is 2. The van der Waals surface area contributed by atoms with E-state index in [9.17, 15) is 18.8 Å². The fourth-order valence-electron chi connectivity index (χ4n) is 4.79. The number of fused-ring (bicyclic) bond motifs is 2. The predicted octanol–water partition coefficient (Wildman–Crippen LogP) is 1.84. The van der Waals surface area contributed by atoms with E-state index in [-0.39, 0.29) is 29.1 Å². The van der Waals surface area contributed by atoms with Gasteiger partial charge in [0, 0.05) is 37.8 Å². The van der Waals surface area contributed by atoms with Gasteiger partial charge >= 0.3 is 0 Å². The summed E-state index contributed by atoms with van der Waals surface area (Å²) in [5, 5.41) is 7.11.